The first-order valence-corrected chi connectivity index (χ1v) is 9.93. The van der Waals surface area contributed by atoms with Gasteiger partial charge in [-0.25, -0.2) is 18.1 Å². The summed E-state index contributed by atoms with van der Waals surface area (Å²) in [6.45, 7) is 2.67. The molecule has 0 aliphatic heterocycles. The first-order valence-electron chi connectivity index (χ1n) is 8.06. The normalized spacial score (nSPS) is 11.9. The molecule has 0 atom stereocenters. The molecular weight excluding hydrogens is 419 g/mol. The Morgan fingerprint density at radius 3 is 2.46 bits per heavy atom. The van der Waals surface area contributed by atoms with Gasteiger partial charge in [-0.2, -0.15) is 13.2 Å². The van der Waals surface area contributed by atoms with Crippen molar-refractivity contribution in [3.8, 4) is 0 Å². The van der Waals surface area contributed by atoms with E-state index < -0.39 is 33.2 Å². The third kappa shape index (κ3) is 5.14. The highest BCUT2D eigenvalue weighted by Gasteiger charge is 2.36. The summed E-state index contributed by atoms with van der Waals surface area (Å²) in [5, 5.41) is -0.234. The van der Waals surface area contributed by atoms with Gasteiger partial charge in [-0.05, 0) is 36.8 Å². The summed E-state index contributed by atoms with van der Waals surface area (Å²) in [5.74, 6) is -0.902. The predicted molar refractivity (Wildman–Crippen MR) is 98.9 cm³/mol. The van der Waals surface area contributed by atoms with E-state index >= 15 is 0 Å². The van der Waals surface area contributed by atoms with Crippen molar-refractivity contribution in [1.82, 2.24) is 9.71 Å². The molecule has 0 bridgehead atoms. The topological polar surface area (TPSA) is 79.4 Å². The van der Waals surface area contributed by atoms with Gasteiger partial charge >= 0.3 is 6.18 Å². The van der Waals surface area contributed by atoms with Gasteiger partial charge < -0.3 is 4.90 Å². The Hall–Kier alpha value is -2.33. The number of nitrogens with one attached hydrogen (secondary N) is 1. The number of rotatable bonds is 6. The van der Waals surface area contributed by atoms with Crippen LogP contribution in [0.1, 0.15) is 29.3 Å². The molecule has 0 aliphatic rings. The van der Waals surface area contributed by atoms with Crippen LogP contribution in [0.5, 0.6) is 0 Å². The zero-order chi connectivity index (χ0) is 21.1. The number of nitrogens with zero attached hydrogens (tertiary/aromatic N) is 2. The van der Waals surface area contributed by atoms with Crippen LogP contribution in [-0.4, -0.2) is 32.9 Å². The molecule has 1 amide bonds. The number of halogens is 4. The second-order valence-electron chi connectivity index (χ2n) is 5.90. The van der Waals surface area contributed by atoms with Crippen LogP contribution in [0, 0.1) is 0 Å². The van der Waals surface area contributed by atoms with Crippen molar-refractivity contribution in [3.05, 3.63) is 52.7 Å². The monoisotopic (exact) mass is 435 g/mol. The zero-order valence-electron chi connectivity index (χ0n) is 14.9. The Balaban J connectivity index is 2.29. The summed E-state index contributed by atoms with van der Waals surface area (Å²) < 4.78 is 65.7. The highest BCUT2D eigenvalue weighted by atomic mass is 35.5. The molecule has 1 aromatic carbocycles. The molecular formula is C17H17ClF3N3O3S. The minimum atomic E-state index is -4.88. The van der Waals surface area contributed by atoms with Crippen LogP contribution in [0.4, 0.5) is 19.0 Å². The highest BCUT2D eigenvalue weighted by Crippen LogP contribution is 2.34. The smallest absolute Gasteiger partial charge is 0.360 e. The molecule has 0 spiro atoms. The number of benzene rings is 1. The molecule has 6 nitrogen and oxygen atoms in total. The third-order valence-corrected chi connectivity index (χ3v) is 5.29. The van der Waals surface area contributed by atoms with Crippen molar-refractivity contribution < 1.29 is 26.4 Å². The number of hydrogen-bond donors (Lipinski definition) is 1. The maximum Gasteiger partial charge on any atom is 0.417 e. The maximum absolute atomic E-state index is 13.1. The summed E-state index contributed by atoms with van der Waals surface area (Å²) >= 11 is 5.56. The predicted octanol–water partition coefficient (Wildman–Crippen LogP) is 3.72. The number of anilines is 1. The number of sulfonamides is 1. The molecule has 28 heavy (non-hydrogen) atoms. The van der Waals surface area contributed by atoms with Crippen LogP contribution in [0.3, 0.4) is 0 Å². The van der Waals surface area contributed by atoms with Gasteiger partial charge in [-0.3, -0.25) is 4.79 Å². The van der Waals surface area contributed by atoms with Crippen LogP contribution < -0.4 is 9.62 Å². The molecule has 2 rings (SSSR count). The number of alkyl halides is 3. The maximum atomic E-state index is 13.1. The number of aromatic nitrogens is 1. The van der Waals surface area contributed by atoms with E-state index in [1.165, 1.54) is 12.1 Å². The Kier molecular flexibility index (Phi) is 6.56. The van der Waals surface area contributed by atoms with E-state index in [0.717, 1.165) is 24.8 Å². The average molecular weight is 436 g/mol. The lowest BCUT2D eigenvalue weighted by Gasteiger charge is -2.17. The first-order chi connectivity index (χ1) is 13.0. The Labute approximate surface area is 165 Å². The first kappa shape index (κ1) is 22.0. The van der Waals surface area contributed by atoms with E-state index in [-0.39, 0.29) is 9.92 Å². The quantitative estimate of drug-likeness (QED) is 0.748. The molecule has 0 saturated carbocycles. The third-order valence-electron chi connectivity index (χ3n) is 3.74. The zero-order valence-corrected chi connectivity index (χ0v) is 16.5. The van der Waals surface area contributed by atoms with Crippen molar-refractivity contribution >= 4 is 33.3 Å². The summed E-state index contributed by atoms with van der Waals surface area (Å²) in [7, 11) is -2.64. The molecule has 0 unspecified atom stereocenters. The van der Waals surface area contributed by atoms with Gasteiger partial charge in [0.2, 0.25) is 0 Å². The van der Waals surface area contributed by atoms with Crippen molar-refractivity contribution in [1.29, 1.82) is 0 Å². The van der Waals surface area contributed by atoms with Crippen molar-refractivity contribution in [3.63, 3.8) is 0 Å². The Bertz CT molecular complexity index is 964. The van der Waals surface area contributed by atoms with Gasteiger partial charge in [0.25, 0.3) is 15.9 Å². The number of pyridine rings is 1. The number of carbonyl (C=O) groups is 1. The van der Waals surface area contributed by atoms with Crippen LogP contribution >= 0.6 is 11.6 Å². The van der Waals surface area contributed by atoms with Crippen LogP contribution in [0.2, 0.25) is 5.02 Å². The van der Waals surface area contributed by atoms with Crippen LogP contribution in [0.25, 0.3) is 0 Å². The summed E-state index contributed by atoms with van der Waals surface area (Å²) in [5.41, 5.74) is -2.19. The Morgan fingerprint density at radius 2 is 1.93 bits per heavy atom. The van der Waals surface area contributed by atoms with Crippen molar-refractivity contribution in [2.75, 3.05) is 18.5 Å². The SMILES string of the molecule is CCCN(C)c1ccc(S(=O)(=O)NC(=O)c2ccc(Cl)cc2C(F)(F)F)cn1. The fourth-order valence-corrected chi connectivity index (χ4v) is 3.47. The van der Waals surface area contributed by atoms with Crippen LogP contribution in [-0.2, 0) is 16.2 Å². The lowest BCUT2D eigenvalue weighted by atomic mass is 10.1. The van der Waals surface area contributed by atoms with E-state index in [1.807, 2.05) is 6.92 Å². The molecule has 0 radical (unpaired) electrons. The largest absolute Gasteiger partial charge is 0.417 e. The molecule has 1 heterocycles. The van der Waals surface area contributed by atoms with E-state index in [4.69, 9.17) is 11.6 Å². The molecule has 1 aromatic heterocycles. The number of amides is 1. The molecule has 0 fully saturated rings. The number of carbonyl (C=O) groups excluding carboxylic acids is 1. The molecule has 0 aliphatic carbocycles. The fraction of sp³-hybridized carbons (Fsp3) is 0.294. The minimum Gasteiger partial charge on any atom is -0.360 e. The van der Waals surface area contributed by atoms with E-state index in [0.29, 0.717) is 18.4 Å². The van der Waals surface area contributed by atoms with Gasteiger partial charge in [0.05, 0.1) is 11.1 Å². The van der Waals surface area contributed by atoms with E-state index in [1.54, 1.807) is 16.7 Å². The van der Waals surface area contributed by atoms with Gasteiger partial charge in [0, 0.05) is 24.8 Å². The molecule has 1 N–H and O–H groups in total. The molecule has 2 aromatic rings. The van der Waals surface area contributed by atoms with Crippen LogP contribution in [0.15, 0.2) is 41.4 Å². The van der Waals surface area contributed by atoms with E-state index in [9.17, 15) is 26.4 Å². The van der Waals surface area contributed by atoms with Crippen molar-refractivity contribution in [2.24, 2.45) is 0 Å². The van der Waals surface area contributed by atoms with E-state index in [2.05, 4.69) is 4.98 Å². The lowest BCUT2D eigenvalue weighted by molar-refractivity contribution is -0.137. The number of hydrogen-bond acceptors (Lipinski definition) is 5. The summed E-state index contributed by atoms with van der Waals surface area (Å²) in [6, 6.07) is 5.10. The van der Waals surface area contributed by atoms with Gasteiger partial charge in [-0.1, -0.05) is 18.5 Å². The van der Waals surface area contributed by atoms with Crippen molar-refractivity contribution in [2.45, 2.75) is 24.4 Å². The second kappa shape index (κ2) is 8.36. The molecule has 152 valence electrons. The summed E-state index contributed by atoms with van der Waals surface area (Å²) in [4.78, 5) is 17.7. The minimum absolute atomic E-state index is 0.234. The standard InChI is InChI=1S/C17H17ClF3N3O3S/c1-3-8-24(2)15-7-5-12(10-22-15)28(26,27)23-16(25)13-6-4-11(18)9-14(13)17(19,20)21/h4-7,9-10H,3,8H2,1-2H3,(H,23,25). The Morgan fingerprint density at radius 1 is 1.25 bits per heavy atom. The summed E-state index contributed by atoms with van der Waals surface area (Å²) in [6.07, 6.45) is -2.99. The lowest BCUT2D eigenvalue weighted by Crippen LogP contribution is -2.32. The molecule has 11 heteroatoms. The second-order valence-corrected chi connectivity index (χ2v) is 8.01. The van der Waals surface area contributed by atoms with Gasteiger partial charge in [-0.15, -0.1) is 0 Å². The van der Waals surface area contributed by atoms with Gasteiger partial charge in [0.15, 0.2) is 0 Å². The molecule has 0 saturated heterocycles. The average Bonchev–Trinajstić information content (AvgIpc) is 2.60. The highest BCUT2D eigenvalue weighted by molar-refractivity contribution is 7.90. The van der Waals surface area contributed by atoms with Gasteiger partial charge in [0.1, 0.15) is 10.7 Å². The fourth-order valence-electron chi connectivity index (χ4n) is 2.39.